The average molecular weight is 332 g/mol. The first kappa shape index (κ1) is 16.7. The predicted molar refractivity (Wildman–Crippen MR) is 90.9 cm³/mol. The molecule has 7 heteroatoms. The number of rotatable bonds is 4. The number of nitro groups is 1. The van der Waals surface area contributed by atoms with Crippen LogP contribution in [-0.2, 0) is 4.79 Å². The summed E-state index contributed by atoms with van der Waals surface area (Å²) in [5, 5.41) is 10.7. The molecule has 130 valence electrons. The van der Waals surface area contributed by atoms with E-state index in [4.69, 9.17) is 0 Å². The van der Waals surface area contributed by atoms with Crippen molar-refractivity contribution in [1.29, 1.82) is 0 Å². The number of piperazine rings is 1. The van der Waals surface area contributed by atoms with Crippen molar-refractivity contribution in [2.75, 3.05) is 31.1 Å². The first-order valence-electron chi connectivity index (χ1n) is 8.76. The predicted octanol–water partition coefficient (Wildman–Crippen LogP) is 2.61. The Kier molecular flexibility index (Phi) is 5.27. The average Bonchev–Trinajstić information content (AvgIpc) is 2.63. The molecule has 2 aliphatic rings. The molecule has 1 saturated heterocycles. The van der Waals surface area contributed by atoms with Crippen LogP contribution in [-0.4, -0.2) is 46.9 Å². The molecule has 2 fully saturated rings. The SMILES string of the molecule is O=C(CC1CCCCC1)N1CCN(c2ccc([N+](=O)[O-])cn2)CC1. The van der Waals surface area contributed by atoms with Gasteiger partial charge >= 0.3 is 0 Å². The Labute approximate surface area is 141 Å². The number of amides is 1. The van der Waals surface area contributed by atoms with Crippen LogP contribution in [0.1, 0.15) is 38.5 Å². The van der Waals surface area contributed by atoms with Crippen LogP contribution in [0.4, 0.5) is 11.5 Å². The van der Waals surface area contributed by atoms with Crippen molar-refractivity contribution >= 4 is 17.4 Å². The van der Waals surface area contributed by atoms with Gasteiger partial charge in [0.1, 0.15) is 12.0 Å². The second-order valence-corrected chi connectivity index (χ2v) is 6.71. The minimum absolute atomic E-state index is 0.0000423. The molecule has 0 bridgehead atoms. The van der Waals surface area contributed by atoms with E-state index in [9.17, 15) is 14.9 Å². The van der Waals surface area contributed by atoms with Gasteiger partial charge in [0.05, 0.1) is 4.92 Å². The number of nitrogens with zero attached hydrogens (tertiary/aromatic N) is 4. The summed E-state index contributed by atoms with van der Waals surface area (Å²) >= 11 is 0. The third-order valence-electron chi connectivity index (χ3n) is 5.09. The molecule has 0 spiro atoms. The molecule has 2 heterocycles. The zero-order valence-corrected chi connectivity index (χ0v) is 13.9. The molecule has 1 aromatic heterocycles. The number of anilines is 1. The molecule has 0 unspecified atom stereocenters. The standard InChI is InChI=1S/C17H24N4O3/c22-17(12-14-4-2-1-3-5-14)20-10-8-19(9-11-20)16-7-6-15(13-18-16)21(23)24/h6-7,13-14H,1-5,8-12H2. The van der Waals surface area contributed by atoms with Crippen LogP contribution in [0.5, 0.6) is 0 Å². The van der Waals surface area contributed by atoms with Crippen molar-refractivity contribution in [2.45, 2.75) is 38.5 Å². The quantitative estimate of drug-likeness (QED) is 0.625. The highest BCUT2D eigenvalue weighted by molar-refractivity contribution is 5.76. The fourth-order valence-electron chi connectivity index (χ4n) is 3.63. The van der Waals surface area contributed by atoms with Gasteiger partial charge in [0, 0.05) is 38.7 Å². The largest absolute Gasteiger partial charge is 0.353 e. The molecule has 1 amide bonds. The van der Waals surface area contributed by atoms with Gasteiger partial charge in [-0.15, -0.1) is 0 Å². The molecule has 3 rings (SSSR count). The van der Waals surface area contributed by atoms with Crippen molar-refractivity contribution in [2.24, 2.45) is 5.92 Å². The molecular weight excluding hydrogens is 308 g/mol. The van der Waals surface area contributed by atoms with Gasteiger partial charge in [0.25, 0.3) is 5.69 Å². The first-order valence-corrected chi connectivity index (χ1v) is 8.76. The van der Waals surface area contributed by atoms with Crippen molar-refractivity contribution in [3.8, 4) is 0 Å². The Balaban J connectivity index is 1.49. The van der Waals surface area contributed by atoms with E-state index in [-0.39, 0.29) is 11.6 Å². The van der Waals surface area contributed by atoms with Crippen molar-refractivity contribution in [3.63, 3.8) is 0 Å². The van der Waals surface area contributed by atoms with Crippen LogP contribution in [0.3, 0.4) is 0 Å². The molecule has 1 aliphatic heterocycles. The first-order chi connectivity index (χ1) is 11.6. The smallest absolute Gasteiger partial charge is 0.287 e. The minimum atomic E-state index is -0.446. The van der Waals surface area contributed by atoms with E-state index in [1.165, 1.54) is 44.4 Å². The van der Waals surface area contributed by atoms with E-state index in [0.717, 1.165) is 18.9 Å². The number of carbonyl (C=O) groups excluding carboxylic acids is 1. The van der Waals surface area contributed by atoms with Gasteiger partial charge in [-0.05, 0) is 24.8 Å². The monoisotopic (exact) mass is 332 g/mol. The number of pyridine rings is 1. The summed E-state index contributed by atoms with van der Waals surface area (Å²) in [6, 6.07) is 3.15. The molecule has 0 radical (unpaired) electrons. The molecule has 7 nitrogen and oxygen atoms in total. The number of hydrogen-bond acceptors (Lipinski definition) is 5. The van der Waals surface area contributed by atoms with Gasteiger partial charge in [-0.3, -0.25) is 14.9 Å². The number of hydrogen-bond donors (Lipinski definition) is 0. The van der Waals surface area contributed by atoms with Crippen LogP contribution in [0.2, 0.25) is 0 Å². The van der Waals surface area contributed by atoms with Gasteiger partial charge in [-0.25, -0.2) is 4.98 Å². The summed E-state index contributed by atoms with van der Waals surface area (Å²) in [4.78, 5) is 30.9. The molecule has 1 saturated carbocycles. The maximum atomic E-state index is 12.4. The third-order valence-corrected chi connectivity index (χ3v) is 5.09. The maximum Gasteiger partial charge on any atom is 0.287 e. The maximum absolute atomic E-state index is 12.4. The number of aromatic nitrogens is 1. The molecule has 1 aliphatic carbocycles. The van der Waals surface area contributed by atoms with Gasteiger partial charge < -0.3 is 9.80 Å². The van der Waals surface area contributed by atoms with Gasteiger partial charge in [0.15, 0.2) is 0 Å². The Bertz CT molecular complexity index is 576. The zero-order valence-electron chi connectivity index (χ0n) is 13.9. The fraction of sp³-hybridized carbons (Fsp3) is 0.647. The second-order valence-electron chi connectivity index (χ2n) is 6.71. The molecular formula is C17H24N4O3. The molecule has 24 heavy (non-hydrogen) atoms. The lowest BCUT2D eigenvalue weighted by molar-refractivity contribution is -0.385. The van der Waals surface area contributed by atoms with E-state index in [2.05, 4.69) is 9.88 Å². The van der Waals surface area contributed by atoms with Crippen molar-refractivity contribution in [3.05, 3.63) is 28.4 Å². The summed E-state index contributed by atoms with van der Waals surface area (Å²) in [5.41, 5.74) is 0.0000423. The van der Waals surface area contributed by atoms with Crippen LogP contribution in [0.15, 0.2) is 18.3 Å². The number of carbonyl (C=O) groups is 1. The highest BCUT2D eigenvalue weighted by Gasteiger charge is 2.25. The van der Waals surface area contributed by atoms with Crippen molar-refractivity contribution in [1.82, 2.24) is 9.88 Å². The molecule has 0 aromatic carbocycles. The van der Waals surface area contributed by atoms with E-state index in [1.807, 2.05) is 4.90 Å². The zero-order chi connectivity index (χ0) is 16.9. The van der Waals surface area contributed by atoms with Gasteiger partial charge in [-0.2, -0.15) is 0 Å². The Morgan fingerprint density at radius 1 is 1.17 bits per heavy atom. The van der Waals surface area contributed by atoms with Crippen LogP contribution in [0.25, 0.3) is 0 Å². The summed E-state index contributed by atoms with van der Waals surface area (Å²) in [6.45, 7) is 2.84. The highest BCUT2D eigenvalue weighted by atomic mass is 16.6. The second kappa shape index (κ2) is 7.59. The van der Waals surface area contributed by atoms with E-state index < -0.39 is 4.92 Å². The summed E-state index contributed by atoms with van der Waals surface area (Å²) in [5.74, 6) is 1.58. The summed E-state index contributed by atoms with van der Waals surface area (Å²) < 4.78 is 0. The lowest BCUT2D eigenvalue weighted by Gasteiger charge is -2.36. The minimum Gasteiger partial charge on any atom is -0.353 e. The lowest BCUT2D eigenvalue weighted by atomic mass is 9.86. The summed E-state index contributed by atoms with van der Waals surface area (Å²) in [6.07, 6.45) is 8.20. The normalized spacial score (nSPS) is 19.3. The van der Waals surface area contributed by atoms with Crippen LogP contribution < -0.4 is 4.90 Å². The van der Waals surface area contributed by atoms with Crippen molar-refractivity contribution < 1.29 is 9.72 Å². The highest BCUT2D eigenvalue weighted by Crippen LogP contribution is 2.27. The van der Waals surface area contributed by atoms with Crippen LogP contribution in [0, 0.1) is 16.0 Å². The third kappa shape index (κ3) is 4.01. The Hall–Kier alpha value is -2.18. The molecule has 0 N–H and O–H groups in total. The van der Waals surface area contributed by atoms with E-state index in [1.54, 1.807) is 6.07 Å². The van der Waals surface area contributed by atoms with Gasteiger partial charge in [0.2, 0.25) is 5.91 Å². The van der Waals surface area contributed by atoms with Crippen LogP contribution >= 0.6 is 0 Å². The van der Waals surface area contributed by atoms with E-state index in [0.29, 0.717) is 25.4 Å². The fourth-order valence-corrected chi connectivity index (χ4v) is 3.63. The molecule has 0 atom stereocenters. The molecule has 1 aromatic rings. The summed E-state index contributed by atoms with van der Waals surface area (Å²) in [7, 11) is 0. The lowest BCUT2D eigenvalue weighted by Crippen LogP contribution is -2.49. The topological polar surface area (TPSA) is 79.6 Å². The Morgan fingerprint density at radius 3 is 2.46 bits per heavy atom. The van der Waals surface area contributed by atoms with Gasteiger partial charge in [-0.1, -0.05) is 19.3 Å². The van der Waals surface area contributed by atoms with E-state index >= 15 is 0 Å². The Morgan fingerprint density at radius 2 is 1.88 bits per heavy atom.